The Bertz CT molecular complexity index is 656. The highest BCUT2D eigenvalue weighted by Crippen LogP contribution is 2.13. The van der Waals surface area contributed by atoms with E-state index >= 15 is 0 Å². The zero-order valence-electron chi connectivity index (χ0n) is 11.5. The van der Waals surface area contributed by atoms with Gasteiger partial charge in [-0.15, -0.1) is 0 Å². The van der Waals surface area contributed by atoms with E-state index in [1.165, 1.54) is 0 Å². The molecule has 21 heavy (non-hydrogen) atoms. The van der Waals surface area contributed by atoms with Gasteiger partial charge >= 0.3 is 0 Å². The Morgan fingerprint density at radius 1 is 1.19 bits per heavy atom. The smallest absolute Gasteiger partial charge is 0.273 e. The van der Waals surface area contributed by atoms with Crippen molar-refractivity contribution in [2.75, 3.05) is 0 Å². The number of hydrazone groups is 1. The summed E-state index contributed by atoms with van der Waals surface area (Å²) in [4.78, 5) is 11.9. The van der Waals surface area contributed by atoms with Gasteiger partial charge in [0.2, 0.25) is 0 Å². The van der Waals surface area contributed by atoms with Gasteiger partial charge in [-0.05, 0) is 30.2 Å². The van der Waals surface area contributed by atoms with E-state index < -0.39 is 12.0 Å². The number of halogens is 1. The predicted molar refractivity (Wildman–Crippen MR) is 85.9 cm³/mol. The van der Waals surface area contributed by atoms with E-state index in [0.717, 1.165) is 10.0 Å². The molecule has 0 saturated carbocycles. The maximum Gasteiger partial charge on any atom is 0.273 e. The van der Waals surface area contributed by atoms with E-state index in [2.05, 4.69) is 26.5 Å². The number of benzene rings is 2. The number of aliphatic hydroxyl groups is 1. The second kappa shape index (κ2) is 7.15. The highest BCUT2D eigenvalue weighted by molar-refractivity contribution is 9.10. The van der Waals surface area contributed by atoms with Crippen molar-refractivity contribution in [2.45, 2.75) is 13.0 Å². The average molecular weight is 347 g/mol. The largest absolute Gasteiger partial charge is 0.378 e. The van der Waals surface area contributed by atoms with Crippen molar-refractivity contribution in [3.05, 3.63) is 70.2 Å². The molecule has 5 heteroatoms. The molecule has 0 bridgehead atoms. The first-order valence-corrected chi connectivity index (χ1v) is 7.20. The molecular formula is C16H15BrN2O2. The van der Waals surface area contributed by atoms with Gasteiger partial charge in [0.15, 0.2) is 6.10 Å². The molecule has 0 aromatic heterocycles. The van der Waals surface area contributed by atoms with E-state index in [1.807, 2.05) is 30.3 Å². The number of aliphatic hydroxyl groups excluding tert-OH is 1. The highest BCUT2D eigenvalue weighted by Gasteiger charge is 2.16. The molecule has 0 aliphatic rings. The maximum absolute atomic E-state index is 11.9. The van der Waals surface area contributed by atoms with Gasteiger partial charge in [0, 0.05) is 4.47 Å². The third-order valence-electron chi connectivity index (χ3n) is 2.94. The quantitative estimate of drug-likeness (QED) is 0.660. The van der Waals surface area contributed by atoms with Crippen molar-refractivity contribution >= 4 is 27.5 Å². The van der Waals surface area contributed by atoms with Crippen LogP contribution in [0.15, 0.2) is 64.2 Å². The monoisotopic (exact) mass is 346 g/mol. The minimum absolute atomic E-state index is 0.533. The molecule has 1 atom stereocenters. The van der Waals surface area contributed by atoms with Gasteiger partial charge in [-0.1, -0.05) is 58.4 Å². The molecule has 0 heterocycles. The van der Waals surface area contributed by atoms with Crippen LogP contribution in [0.3, 0.4) is 0 Å². The average Bonchev–Trinajstić information content (AvgIpc) is 2.52. The van der Waals surface area contributed by atoms with Crippen LogP contribution >= 0.6 is 15.9 Å². The van der Waals surface area contributed by atoms with Crippen LogP contribution < -0.4 is 5.43 Å². The van der Waals surface area contributed by atoms with Gasteiger partial charge in [-0.3, -0.25) is 4.79 Å². The Kier molecular flexibility index (Phi) is 5.25. The third kappa shape index (κ3) is 4.24. The summed E-state index contributed by atoms with van der Waals surface area (Å²) < 4.78 is 0.935. The molecule has 0 spiro atoms. The van der Waals surface area contributed by atoms with Gasteiger partial charge in [-0.25, -0.2) is 5.43 Å². The Morgan fingerprint density at radius 2 is 1.90 bits per heavy atom. The number of rotatable bonds is 4. The first-order chi connectivity index (χ1) is 10.1. The molecule has 2 N–H and O–H groups in total. The Balaban J connectivity index is 2.05. The maximum atomic E-state index is 11.9. The van der Waals surface area contributed by atoms with Crippen molar-refractivity contribution in [3.63, 3.8) is 0 Å². The lowest BCUT2D eigenvalue weighted by Crippen LogP contribution is -2.26. The third-order valence-corrected chi connectivity index (χ3v) is 3.43. The molecule has 1 amide bonds. The van der Waals surface area contributed by atoms with Crippen LogP contribution in [0.2, 0.25) is 0 Å². The summed E-state index contributed by atoms with van der Waals surface area (Å²) in [6, 6.07) is 16.3. The fraction of sp³-hybridized carbons (Fsp3) is 0.125. The van der Waals surface area contributed by atoms with Crippen LogP contribution in [0.4, 0.5) is 0 Å². The van der Waals surface area contributed by atoms with Crippen molar-refractivity contribution in [3.8, 4) is 0 Å². The number of amides is 1. The summed E-state index contributed by atoms with van der Waals surface area (Å²) in [5.74, 6) is -0.560. The molecule has 108 valence electrons. The molecular weight excluding hydrogens is 332 g/mol. The van der Waals surface area contributed by atoms with Crippen molar-refractivity contribution in [1.29, 1.82) is 0 Å². The van der Waals surface area contributed by atoms with Gasteiger partial charge in [-0.2, -0.15) is 5.10 Å². The summed E-state index contributed by atoms with van der Waals surface area (Å²) in [5.41, 5.74) is 4.46. The van der Waals surface area contributed by atoms with Gasteiger partial charge in [0.25, 0.3) is 5.91 Å². The Hall–Kier alpha value is -1.98. The molecule has 0 aliphatic heterocycles. The molecule has 1 unspecified atom stereocenters. The van der Waals surface area contributed by atoms with Crippen LogP contribution in [0, 0.1) is 0 Å². The number of hydrogen-bond acceptors (Lipinski definition) is 3. The van der Waals surface area contributed by atoms with Crippen LogP contribution in [0.5, 0.6) is 0 Å². The minimum Gasteiger partial charge on any atom is -0.378 e. The molecule has 0 radical (unpaired) electrons. The second-order valence-corrected chi connectivity index (χ2v) is 5.41. The molecule has 2 rings (SSSR count). The Morgan fingerprint density at radius 3 is 2.57 bits per heavy atom. The number of nitrogens with zero attached hydrogens (tertiary/aromatic N) is 1. The van der Waals surface area contributed by atoms with Crippen molar-refractivity contribution in [1.82, 2.24) is 5.43 Å². The minimum atomic E-state index is -1.23. The summed E-state index contributed by atoms with van der Waals surface area (Å²) in [5, 5.41) is 13.9. The molecule has 0 aliphatic carbocycles. The summed E-state index contributed by atoms with van der Waals surface area (Å²) in [6.45, 7) is 1.79. The first-order valence-electron chi connectivity index (χ1n) is 6.41. The number of hydrogen-bond donors (Lipinski definition) is 2. The van der Waals surface area contributed by atoms with E-state index in [-0.39, 0.29) is 0 Å². The fourth-order valence-corrected chi connectivity index (χ4v) is 2.16. The SMILES string of the molecule is C/C(=N/NC(=O)C(O)c1ccccc1)c1cccc(Br)c1. The zero-order valence-corrected chi connectivity index (χ0v) is 13.0. The molecule has 0 saturated heterocycles. The summed E-state index contributed by atoms with van der Waals surface area (Å²) >= 11 is 3.38. The summed E-state index contributed by atoms with van der Waals surface area (Å²) in [6.07, 6.45) is -1.23. The number of carbonyl (C=O) groups excluding carboxylic acids is 1. The van der Waals surface area contributed by atoms with Crippen molar-refractivity contribution in [2.24, 2.45) is 5.10 Å². The predicted octanol–water partition coefficient (Wildman–Crippen LogP) is 3.02. The first kappa shape index (κ1) is 15.4. The van der Waals surface area contributed by atoms with Crippen LogP contribution in [0.25, 0.3) is 0 Å². The number of nitrogens with one attached hydrogen (secondary N) is 1. The summed E-state index contributed by atoms with van der Waals surface area (Å²) in [7, 11) is 0. The lowest BCUT2D eigenvalue weighted by Gasteiger charge is -2.09. The zero-order chi connectivity index (χ0) is 15.2. The molecule has 0 fully saturated rings. The molecule has 2 aromatic carbocycles. The van der Waals surface area contributed by atoms with Gasteiger partial charge < -0.3 is 5.11 Å². The second-order valence-electron chi connectivity index (χ2n) is 4.50. The molecule has 2 aromatic rings. The van der Waals surface area contributed by atoms with Gasteiger partial charge in [0.1, 0.15) is 0 Å². The topological polar surface area (TPSA) is 61.7 Å². The van der Waals surface area contributed by atoms with Crippen LogP contribution in [-0.4, -0.2) is 16.7 Å². The molecule has 4 nitrogen and oxygen atoms in total. The highest BCUT2D eigenvalue weighted by atomic mass is 79.9. The van der Waals surface area contributed by atoms with E-state index in [1.54, 1.807) is 31.2 Å². The Labute approximate surface area is 131 Å². The van der Waals surface area contributed by atoms with Crippen LogP contribution in [0.1, 0.15) is 24.2 Å². The fourth-order valence-electron chi connectivity index (χ4n) is 1.76. The van der Waals surface area contributed by atoms with Crippen LogP contribution in [-0.2, 0) is 4.79 Å². The standard InChI is InChI=1S/C16H15BrN2O2/c1-11(13-8-5-9-14(17)10-13)18-19-16(21)15(20)12-6-3-2-4-7-12/h2-10,15,20H,1H3,(H,19,21)/b18-11-. The van der Waals surface area contributed by atoms with Gasteiger partial charge in [0.05, 0.1) is 5.71 Å². The lowest BCUT2D eigenvalue weighted by molar-refractivity contribution is -0.129. The van der Waals surface area contributed by atoms with E-state index in [4.69, 9.17) is 0 Å². The normalized spacial score (nSPS) is 12.8. The lowest BCUT2D eigenvalue weighted by atomic mass is 10.1. The van der Waals surface area contributed by atoms with E-state index in [9.17, 15) is 9.90 Å². The van der Waals surface area contributed by atoms with E-state index in [0.29, 0.717) is 11.3 Å². The number of carbonyl (C=O) groups is 1. The van der Waals surface area contributed by atoms with Crippen molar-refractivity contribution < 1.29 is 9.90 Å².